The molecule has 0 spiro atoms. The number of carboxylic acids is 1. The molecule has 2 aromatic carbocycles. The van der Waals surface area contributed by atoms with Gasteiger partial charge < -0.3 is 21.1 Å². The fourth-order valence-electron chi connectivity index (χ4n) is 3.17. The molecule has 4 atom stereocenters. The molecule has 162 valence electrons. The SMILES string of the molecule is CC(N)P(=O)(O)C[C@@H](Cc1ccccc1)C(=O)N[C@@](C)(Cc1ccccc1)C(=O)O. The van der Waals surface area contributed by atoms with Crippen LogP contribution in [-0.4, -0.2) is 39.4 Å². The summed E-state index contributed by atoms with van der Waals surface area (Å²) >= 11 is 0. The molecule has 30 heavy (non-hydrogen) atoms. The largest absolute Gasteiger partial charge is 0.480 e. The summed E-state index contributed by atoms with van der Waals surface area (Å²) in [5, 5.41) is 12.4. The summed E-state index contributed by atoms with van der Waals surface area (Å²) in [7, 11) is -3.80. The quantitative estimate of drug-likeness (QED) is 0.427. The number of rotatable bonds is 10. The first-order valence-corrected chi connectivity index (χ1v) is 11.7. The van der Waals surface area contributed by atoms with Gasteiger partial charge in [0.05, 0.1) is 11.7 Å². The lowest BCUT2D eigenvalue weighted by Crippen LogP contribution is -2.56. The van der Waals surface area contributed by atoms with Crippen LogP contribution >= 0.6 is 7.37 Å². The molecule has 7 nitrogen and oxygen atoms in total. The molecule has 0 fully saturated rings. The number of carbonyl (C=O) groups excluding carboxylic acids is 1. The van der Waals surface area contributed by atoms with Gasteiger partial charge in [-0.25, -0.2) is 4.79 Å². The highest BCUT2D eigenvalue weighted by Gasteiger charge is 2.39. The van der Waals surface area contributed by atoms with Crippen LogP contribution in [0, 0.1) is 5.92 Å². The first-order chi connectivity index (χ1) is 14.0. The van der Waals surface area contributed by atoms with E-state index in [1.807, 2.05) is 36.4 Å². The van der Waals surface area contributed by atoms with Crippen molar-refractivity contribution in [1.82, 2.24) is 5.32 Å². The van der Waals surface area contributed by atoms with Gasteiger partial charge in [0.1, 0.15) is 5.54 Å². The van der Waals surface area contributed by atoms with Crippen LogP contribution < -0.4 is 11.1 Å². The van der Waals surface area contributed by atoms with Crippen molar-refractivity contribution in [2.24, 2.45) is 11.7 Å². The fourth-order valence-corrected chi connectivity index (χ4v) is 4.43. The first kappa shape index (κ1) is 23.8. The number of amides is 1. The number of carbonyl (C=O) groups is 2. The van der Waals surface area contributed by atoms with E-state index < -0.39 is 36.5 Å². The smallest absolute Gasteiger partial charge is 0.329 e. The van der Waals surface area contributed by atoms with Gasteiger partial charge in [-0.05, 0) is 31.4 Å². The maximum absolute atomic E-state index is 13.1. The Kier molecular flexibility index (Phi) is 7.96. The van der Waals surface area contributed by atoms with E-state index in [1.54, 1.807) is 24.3 Å². The lowest BCUT2D eigenvalue weighted by atomic mass is 9.91. The van der Waals surface area contributed by atoms with E-state index >= 15 is 0 Å². The molecule has 2 rings (SSSR count). The van der Waals surface area contributed by atoms with Gasteiger partial charge in [-0.15, -0.1) is 0 Å². The van der Waals surface area contributed by atoms with Crippen LogP contribution in [0.3, 0.4) is 0 Å². The highest BCUT2D eigenvalue weighted by Crippen LogP contribution is 2.46. The minimum absolute atomic E-state index is 0.0804. The molecule has 0 heterocycles. The number of aliphatic carboxylic acids is 1. The van der Waals surface area contributed by atoms with Crippen molar-refractivity contribution in [1.29, 1.82) is 0 Å². The normalized spacial score (nSPS) is 17.2. The molecule has 1 amide bonds. The number of carboxylic acid groups (broad SMARTS) is 1. The predicted octanol–water partition coefficient (Wildman–Crippen LogP) is 2.62. The van der Waals surface area contributed by atoms with E-state index in [1.165, 1.54) is 13.8 Å². The van der Waals surface area contributed by atoms with Crippen LogP contribution in [0.4, 0.5) is 0 Å². The molecule has 0 aliphatic carbocycles. The molecule has 0 aliphatic rings. The second kappa shape index (κ2) is 10.0. The van der Waals surface area contributed by atoms with Crippen molar-refractivity contribution >= 4 is 19.2 Å². The second-order valence-corrected chi connectivity index (χ2v) is 10.5. The lowest BCUT2D eigenvalue weighted by molar-refractivity contribution is -0.147. The topological polar surface area (TPSA) is 130 Å². The van der Waals surface area contributed by atoms with Gasteiger partial charge in [-0.2, -0.15) is 0 Å². The molecule has 0 saturated heterocycles. The molecule has 2 unspecified atom stereocenters. The Labute approximate surface area is 176 Å². The Morgan fingerprint density at radius 1 is 1.07 bits per heavy atom. The summed E-state index contributed by atoms with van der Waals surface area (Å²) in [6, 6.07) is 18.1. The first-order valence-electron chi connectivity index (χ1n) is 9.74. The predicted molar refractivity (Wildman–Crippen MR) is 116 cm³/mol. The average Bonchev–Trinajstić information content (AvgIpc) is 2.68. The molecule has 5 N–H and O–H groups in total. The van der Waals surface area contributed by atoms with E-state index in [2.05, 4.69) is 5.32 Å². The monoisotopic (exact) mass is 432 g/mol. The maximum Gasteiger partial charge on any atom is 0.329 e. The molecule has 2 aromatic rings. The molecular formula is C22H29N2O5P. The Balaban J connectivity index is 2.28. The Bertz CT molecular complexity index is 904. The number of hydrogen-bond donors (Lipinski definition) is 4. The van der Waals surface area contributed by atoms with Crippen molar-refractivity contribution < 1.29 is 24.2 Å². The van der Waals surface area contributed by atoms with Crippen molar-refractivity contribution in [3.63, 3.8) is 0 Å². The van der Waals surface area contributed by atoms with E-state index in [4.69, 9.17) is 5.73 Å². The second-order valence-electron chi connectivity index (χ2n) is 7.85. The van der Waals surface area contributed by atoms with E-state index in [0.29, 0.717) is 0 Å². The lowest BCUT2D eigenvalue weighted by Gasteiger charge is -2.30. The van der Waals surface area contributed by atoms with Gasteiger partial charge in [0.25, 0.3) is 0 Å². The summed E-state index contributed by atoms with van der Waals surface area (Å²) in [6.07, 6.45) is -0.0472. The summed E-state index contributed by atoms with van der Waals surface area (Å²) in [4.78, 5) is 35.4. The summed E-state index contributed by atoms with van der Waals surface area (Å²) < 4.78 is 12.5. The molecule has 8 heteroatoms. The molecule has 0 aromatic heterocycles. The zero-order valence-corrected chi connectivity index (χ0v) is 18.1. The third kappa shape index (κ3) is 6.52. The van der Waals surface area contributed by atoms with Gasteiger partial charge >= 0.3 is 5.97 Å². The van der Waals surface area contributed by atoms with Crippen LogP contribution in [0.1, 0.15) is 25.0 Å². The Morgan fingerprint density at radius 3 is 2.03 bits per heavy atom. The summed E-state index contributed by atoms with van der Waals surface area (Å²) in [6.45, 7) is 2.86. The van der Waals surface area contributed by atoms with E-state index in [9.17, 15) is 24.2 Å². The standard InChI is InChI=1S/C22H29N2O5P/c1-16(23)30(28,29)15-19(13-17-9-5-3-6-10-17)20(25)24-22(2,21(26)27)14-18-11-7-4-8-12-18/h3-12,16,19H,13-15,23H2,1-2H3,(H,24,25)(H,26,27)(H,28,29)/t16?,19-,22+/m1/s1. The van der Waals surface area contributed by atoms with Crippen LogP contribution in [0.15, 0.2) is 60.7 Å². The van der Waals surface area contributed by atoms with Crippen LogP contribution in [-0.2, 0) is 27.0 Å². The van der Waals surface area contributed by atoms with Gasteiger partial charge in [0.2, 0.25) is 13.3 Å². The van der Waals surface area contributed by atoms with E-state index in [-0.39, 0.29) is 19.0 Å². The van der Waals surface area contributed by atoms with Crippen molar-refractivity contribution in [3.05, 3.63) is 71.8 Å². The van der Waals surface area contributed by atoms with Gasteiger partial charge in [0.15, 0.2) is 0 Å². The summed E-state index contributed by atoms with van der Waals surface area (Å²) in [5.74, 6) is -3.66. The zero-order valence-electron chi connectivity index (χ0n) is 17.2. The third-order valence-electron chi connectivity index (χ3n) is 5.09. The minimum atomic E-state index is -3.80. The van der Waals surface area contributed by atoms with Gasteiger partial charge in [-0.3, -0.25) is 9.36 Å². The molecule has 0 bridgehead atoms. The molecule has 0 aliphatic heterocycles. The zero-order chi connectivity index (χ0) is 22.4. The maximum atomic E-state index is 13.1. The van der Waals surface area contributed by atoms with Crippen LogP contribution in [0.2, 0.25) is 0 Å². The van der Waals surface area contributed by atoms with Gasteiger partial charge in [0, 0.05) is 12.6 Å². The minimum Gasteiger partial charge on any atom is -0.480 e. The van der Waals surface area contributed by atoms with E-state index in [0.717, 1.165) is 11.1 Å². The van der Waals surface area contributed by atoms with Crippen LogP contribution in [0.5, 0.6) is 0 Å². The Morgan fingerprint density at radius 2 is 1.57 bits per heavy atom. The third-order valence-corrected chi connectivity index (χ3v) is 7.32. The highest BCUT2D eigenvalue weighted by atomic mass is 31.2. The fraction of sp³-hybridized carbons (Fsp3) is 0.364. The van der Waals surface area contributed by atoms with Crippen molar-refractivity contribution in [2.75, 3.05) is 6.16 Å². The van der Waals surface area contributed by atoms with Gasteiger partial charge in [-0.1, -0.05) is 60.7 Å². The van der Waals surface area contributed by atoms with Crippen molar-refractivity contribution in [2.45, 2.75) is 38.0 Å². The molecular weight excluding hydrogens is 403 g/mol. The number of nitrogens with two attached hydrogens (primary N) is 1. The number of benzene rings is 2. The number of nitrogens with one attached hydrogen (secondary N) is 1. The molecule has 0 saturated carbocycles. The number of hydrogen-bond acceptors (Lipinski definition) is 4. The molecule has 0 radical (unpaired) electrons. The van der Waals surface area contributed by atoms with Crippen LogP contribution in [0.25, 0.3) is 0 Å². The average molecular weight is 432 g/mol. The highest BCUT2D eigenvalue weighted by molar-refractivity contribution is 7.58. The van der Waals surface area contributed by atoms with Crippen molar-refractivity contribution in [3.8, 4) is 0 Å². The Hall–Kier alpha value is -2.47. The summed E-state index contributed by atoms with van der Waals surface area (Å²) in [5.41, 5.74) is 5.65.